The number of rotatable bonds is 4. The molecule has 8 heteroatoms. The quantitative estimate of drug-likeness (QED) is 0.849. The van der Waals surface area contributed by atoms with Crippen molar-refractivity contribution in [1.29, 1.82) is 0 Å². The van der Waals surface area contributed by atoms with Gasteiger partial charge in [0.15, 0.2) is 0 Å². The van der Waals surface area contributed by atoms with Crippen LogP contribution < -0.4 is 10.1 Å². The van der Waals surface area contributed by atoms with E-state index in [1.165, 1.54) is 17.0 Å². The minimum atomic E-state index is -4.50. The third kappa shape index (κ3) is 4.87. The topological polar surface area (TPSA) is 41.6 Å². The molecule has 2 rings (SSSR count). The van der Waals surface area contributed by atoms with Crippen molar-refractivity contribution in [3.8, 4) is 5.75 Å². The van der Waals surface area contributed by atoms with Gasteiger partial charge in [0.1, 0.15) is 12.4 Å². The van der Waals surface area contributed by atoms with Gasteiger partial charge in [-0.2, -0.15) is 13.2 Å². The van der Waals surface area contributed by atoms with E-state index < -0.39 is 17.6 Å². The van der Waals surface area contributed by atoms with Crippen molar-refractivity contribution in [2.75, 3.05) is 32.8 Å². The van der Waals surface area contributed by atoms with Crippen molar-refractivity contribution < 1.29 is 22.7 Å². The highest BCUT2D eigenvalue weighted by atomic mass is 35.5. The van der Waals surface area contributed by atoms with Crippen molar-refractivity contribution in [3.05, 3.63) is 42.0 Å². The highest BCUT2D eigenvalue weighted by molar-refractivity contribution is 5.97. The summed E-state index contributed by atoms with van der Waals surface area (Å²) >= 11 is 0. The van der Waals surface area contributed by atoms with E-state index in [-0.39, 0.29) is 30.3 Å². The third-order valence-electron chi connectivity index (χ3n) is 3.30. The van der Waals surface area contributed by atoms with Crippen LogP contribution in [0.25, 0.3) is 0 Å². The maximum atomic E-state index is 12.9. The Bertz CT molecular complexity index is 558. The molecule has 1 aromatic rings. The normalized spacial score (nSPS) is 14.8. The van der Waals surface area contributed by atoms with E-state index in [2.05, 4.69) is 11.9 Å². The van der Waals surface area contributed by atoms with Gasteiger partial charge in [-0.1, -0.05) is 12.7 Å². The lowest BCUT2D eigenvalue weighted by molar-refractivity contribution is -0.137. The lowest BCUT2D eigenvalue weighted by atomic mass is 10.1. The number of nitrogens with zero attached hydrogens (tertiary/aromatic N) is 1. The summed E-state index contributed by atoms with van der Waals surface area (Å²) in [6.07, 6.45) is -3.04. The Morgan fingerprint density at radius 2 is 2.00 bits per heavy atom. The fourth-order valence-electron chi connectivity index (χ4n) is 2.19. The van der Waals surface area contributed by atoms with Gasteiger partial charge < -0.3 is 15.0 Å². The number of ether oxygens (including phenoxy) is 1. The Kier molecular flexibility index (Phi) is 6.90. The average Bonchev–Trinajstić information content (AvgIpc) is 2.52. The SMILES string of the molecule is C=CCOc1ccc(C(F)(F)F)cc1C(=O)N1CCNCC1.Cl. The van der Waals surface area contributed by atoms with Gasteiger partial charge in [0, 0.05) is 26.2 Å². The molecule has 0 bridgehead atoms. The second-order valence-corrected chi connectivity index (χ2v) is 4.85. The molecule has 0 aromatic heterocycles. The molecule has 0 saturated carbocycles. The van der Waals surface area contributed by atoms with E-state index in [0.717, 1.165) is 12.1 Å². The van der Waals surface area contributed by atoms with Crippen LogP contribution in [0, 0.1) is 0 Å². The minimum absolute atomic E-state index is 0. The number of amides is 1. The van der Waals surface area contributed by atoms with Crippen LogP contribution in [-0.2, 0) is 6.18 Å². The zero-order valence-electron chi connectivity index (χ0n) is 12.4. The fraction of sp³-hybridized carbons (Fsp3) is 0.400. The minimum Gasteiger partial charge on any atom is -0.489 e. The van der Waals surface area contributed by atoms with E-state index in [4.69, 9.17) is 4.74 Å². The molecule has 1 fully saturated rings. The zero-order valence-corrected chi connectivity index (χ0v) is 13.2. The van der Waals surface area contributed by atoms with Crippen molar-refractivity contribution in [1.82, 2.24) is 10.2 Å². The first kappa shape index (κ1) is 19.3. The molecule has 23 heavy (non-hydrogen) atoms. The molecule has 1 aromatic carbocycles. The highest BCUT2D eigenvalue weighted by Gasteiger charge is 2.33. The van der Waals surface area contributed by atoms with Crippen LogP contribution in [0.3, 0.4) is 0 Å². The number of benzene rings is 1. The first-order valence-electron chi connectivity index (χ1n) is 6.88. The molecule has 1 aliphatic heterocycles. The summed E-state index contributed by atoms with van der Waals surface area (Å²) in [7, 11) is 0. The van der Waals surface area contributed by atoms with E-state index >= 15 is 0 Å². The summed E-state index contributed by atoms with van der Waals surface area (Å²) in [4.78, 5) is 14.0. The first-order valence-corrected chi connectivity index (χ1v) is 6.88. The summed E-state index contributed by atoms with van der Waals surface area (Å²) in [6.45, 7) is 5.75. The predicted octanol–water partition coefficient (Wildman–Crippen LogP) is 2.74. The predicted molar refractivity (Wildman–Crippen MR) is 83.2 cm³/mol. The third-order valence-corrected chi connectivity index (χ3v) is 3.30. The maximum Gasteiger partial charge on any atom is 0.416 e. The van der Waals surface area contributed by atoms with Crippen molar-refractivity contribution >= 4 is 18.3 Å². The summed E-state index contributed by atoms with van der Waals surface area (Å²) in [5.41, 5.74) is -0.935. The van der Waals surface area contributed by atoms with Gasteiger partial charge in [-0.25, -0.2) is 0 Å². The van der Waals surface area contributed by atoms with Crippen LogP contribution in [0.5, 0.6) is 5.75 Å². The van der Waals surface area contributed by atoms with Crippen LogP contribution in [0.2, 0.25) is 0 Å². The van der Waals surface area contributed by atoms with Gasteiger partial charge >= 0.3 is 6.18 Å². The summed E-state index contributed by atoms with van der Waals surface area (Å²) < 4.78 is 43.9. The maximum absolute atomic E-state index is 12.9. The Morgan fingerprint density at radius 1 is 1.35 bits per heavy atom. The van der Waals surface area contributed by atoms with Crippen LogP contribution in [-0.4, -0.2) is 43.6 Å². The number of hydrogen-bond donors (Lipinski definition) is 1. The number of carbonyl (C=O) groups excluding carboxylic acids is 1. The van der Waals surface area contributed by atoms with Crippen molar-refractivity contribution in [3.63, 3.8) is 0 Å². The summed E-state index contributed by atoms with van der Waals surface area (Å²) in [5.74, 6) is -0.317. The van der Waals surface area contributed by atoms with Crippen molar-refractivity contribution in [2.24, 2.45) is 0 Å². The van der Waals surface area contributed by atoms with Gasteiger partial charge in [0.25, 0.3) is 5.91 Å². The van der Waals surface area contributed by atoms with Gasteiger partial charge in [0.2, 0.25) is 0 Å². The lowest BCUT2D eigenvalue weighted by Crippen LogP contribution is -2.46. The van der Waals surface area contributed by atoms with Crippen molar-refractivity contribution in [2.45, 2.75) is 6.18 Å². The Labute approximate surface area is 138 Å². The summed E-state index contributed by atoms with van der Waals surface area (Å²) in [5, 5.41) is 3.09. The number of piperazine rings is 1. The van der Waals surface area contributed by atoms with Gasteiger partial charge in [-0.3, -0.25) is 4.79 Å². The number of hydrogen-bond acceptors (Lipinski definition) is 3. The fourth-order valence-corrected chi connectivity index (χ4v) is 2.19. The molecule has 1 heterocycles. The molecular formula is C15H18ClF3N2O2. The molecule has 0 unspecified atom stereocenters. The Balaban J connectivity index is 0.00000264. The Hall–Kier alpha value is -1.73. The zero-order chi connectivity index (χ0) is 16.2. The standard InChI is InChI=1S/C15H17F3N2O2.ClH/c1-2-9-22-13-4-3-11(15(16,17)18)10-12(13)14(21)20-7-5-19-6-8-20;/h2-4,10,19H,1,5-9H2;1H. The number of alkyl halides is 3. The first-order chi connectivity index (χ1) is 10.4. The average molecular weight is 351 g/mol. The molecular weight excluding hydrogens is 333 g/mol. The lowest BCUT2D eigenvalue weighted by Gasteiger charge is -2.28. The largest absolute Gasteiger partial charge is 0.489 e. The summed E-state index contributed by atoms with van der Waals surface area (Å²) in [6, 6.07) is 2.94. The molecule has 0 atom stereocenters. The van der Waals surface area contributed by atoms with Gasteiger partial charge in [0.05, 0.1) is 11.1 Å². The number of nitrogens with one attached hydrogen (secondary N) is 1. The van der Waals surface area contributed by atoms with Crippen LogP contribution in [0.4, 0.5) is 13.2 Å². The van der Waals surface area contributed by atoms with Crippen LogP contribution in [0.15, 0.2) is 30.9 Å². The van der Waals surface area contributed by atoms with Crippen LogP contribution in [0.1, 0.15) is 15.9 Å². The van der Waals surface area contributed by atoms with E-state index in [9.17, 15) is 18.0 Å². The molecule has 0 spiro atoms. The monoisotopic (exact) mass is 350 g/mol. The molecule has 0 radical (unpaired) electrons. The second-order valence-electron chi connectivity index (χ2n) is 4.85. The second kappa shape index (κ2) is 8.21. The van der Waals surface area contributed by atoms with Crippen LogP contribution >= 0.6 is 12.4 Å². The molecule has 1 saturated heterocycles. The van der Waals surface area contributed by atoms with E-state index in [0.29, 0.717) is 26.2 Å². The molecule has 4 nitrogen and oxygen atoms in total. The van der Waals surface area contributed by atoms with E-state index in [1.54, 1.807) is 0 Å². The molecule has 1 amide bonds. The number of halogens is 4. The van der Waals surface area contributed by atoms with Gasteiger partial charge in [-0.15, -0.1) is 12.4 Å². The molecule has 1 aliphatic rings. The Morgan fingerprint density at radius 3 is 2.57 bits per heavy atom. The molecule has 128 valence electrons. The highest BCUT2D eigenvalue weighted by Crippen LogP contribution is 2.33. The van der Waals surface area contributed by atoms with E-state index in [1.807, 2.05) is 0 Å². The molecule has 1 N–H and O–H groups in total. The molecule has 0 aliphatic carbocycles. The van der Waals surface area contributed by atoms with Gasteiger partial charge in [-0.05, 0) is 18.2 Å². The number of carbonyl (C=O) groups is 1. The smallest absolute Gasteiger partial charge is 0.416 e.